The highest BCUT2D eigenvalue weighted by Crippen LogP contribution is 1.95. The van der Waals surface area contributed by atoms with Crippen molar-refractivity contribution in [2.75, 3.05) is 32.7 Å². The molecule has 1 rings (SSSR count). The predicted molar refractivity (Wildman–Crippen MR) is 44.6 cm³/mol. The van der Waals surface area contributed by atoms with Gasteiger partial charge < -0.3 is 15.0 Å². The van der Waals surface area contributed by atoms with Crippen molar-refractivity contribution in [1.82, 2.24) is 10.2 Å². The molecule has 0 saturated carbocycles. The van der Waals surface area contributed by atoms with Gasteiger partial charge in [0, 0.05) is 32.6 Å². The Morgan fingerprint density at radius 3 is 2.73 bits per heavy atom. The Bertz CT molecular complexity index is 111. The van der Waals surface area contributed by atoms with Gasteiger partial charge in [0.25, 0.3) is 0 Å². The molecule has 0 unspecified atom stereocenters. The Morgan fingerprint density at radius 2 is 2.09 bits per heavy atom. The third-order valence-electron chi connectivity index (χ3n) is 2.01. The van der Waals surface area contributed by atoms with Crippen LogP contribution in [0.1, 0.15) is 12.8 Å². The van der Waals surface area contributed by atoms with E-state index in [0.29, 0.717) is 6.42 Å². The van der Waals surface area contributed by atoms with E-state index >= 15 is 0 Å². The van der Waals surface area contributed by atoms with Gasteiger partial charge in [0.2, 0.25) is 0 Å². The van der Waals surface area contributed by atoms with Crippen LogP contribution < -0.4 is 5.32 Å². The maximum atomic E-state index is 10.0. The number of rotatable bonds is 4. The minimum atomic E-state index is 0.712. The molecule has 1 N–H and O–H groups in total. The Kier molecular flexibility index (Phi) is 4.16. The van der Waals surface area contributed by atoms with Crippen molar-refractivity contribution < 1.29 is 4.79 Å². The van der Waals surface area contributed by atoms with Crippen LogP contribution >= 0.6 is 0 Å². The summed E-state index contributed by atoms with van der Waals surface area (Å²) in [4.78, 5) is 12.4. The highest BCUT2D eigenvalue weighted by Gasteiger charge is 2.07. The molecule has 0 bridgehead atoms. The molecule has 11 heavy (non-hydrogen) atoms. The van der Waals surface area contributed by atoms with Crippen LogP contribution in [0.4, 0.5) is 0 Å². The summed E-state index contributed by atoms with van der Waals surface area (Å²) in [7, 11) is 0. The molecule has 64 valence electrons. The van der Waals surface area contributed by atoms with E-state index in [1.165, 1.54) is 0 Å². The Hall–Kier alpha value is -0.410. The lowest BCUT2D eigenvalue weighted by atomic mass is 10.3. The number of piperazine rings is 1. The first kappa shape index (κ1) is 8.68. The molecule has 1 heterocycles. The van der Waals surface area contributed by atoms with Crippen LogP contribution in [0.3, 0.4) is 0 Å². The van der Waals surface area contributed by atoms with Gasteiger partial charge >= 0.3 is 0 Å². The largest absolute Gasteiger partial charge is 0.314 e. The second-order valence-electron chi connectivity index (χ2n) is 2.90. The fourth-order valence-corrected chi connectivity index (χ4v) is 1.33. The molecule has 1 saturated heterocycles. The fraction of sp³-hybridized carbons (Fsp3) is 0.875. The molecule has 1 aliphatic rings. The number of aldehydes is 1. The number of nitrogens with one attached hydrogen (secondary N) is 1. The SMILES string of the molecule is O=CCCCN1CCNCC1. The summed E-state index contributed by atoms with van der Waals surface area (Å²) in [6.45, 7) is 5.56. The Balaban J connectivity index is 2.00. The zero-order chi connectivity index (χ0) is 7.94. The van der Waals surface area contributed by atoms with E-state index in [9.17, 15) is 4.79 Å². The fourth-order valence-electron chi connectivity index (χ4n) is 1.33. The van der Waals surface area contributed by atoms with E-state index < -0.39 is 0 Å². The minimum Gasteiger partial charge on any atom is -0.314 e. The summed E-state index contributed by atoms with van der Waals surface area (Å²) >= 11 is 0. The maximum Gasteiger partial charge on any atom is 0.120 e. The smallest absolute Gasteiger partial charge is 0.120 e. The number of carbonyl (C=O) groups is 1. The molecule has 0 atom stereocenters. The van der Waals surface area contributed by atoms with Crippen molar-refractivity contribution in [1.29, 1.82) is 0 Å². The van der Waals surface area contributed by atoms with E-state index in [2.05, 4.69) is 10.2 Å². The Morgan fingerprint density at radius 1 is 1.36 bits per heavy atom. The van der Waals surface area contributed by atoms with Crippen LogP contribution in [-0.4, -0.2) is 43.9 Å². The lowest BCUT2D eigenvalue weighted by Gasteiger charge is -2.26. The molecule has 1 aliphatic heterocycles. The maximum absolute atomic E-state index is 10.0. The molecule has 3 nitrogen and oxygen atoms in total. The molecule has 0 spiro atoms. The molecule has 0 aromatic carbocycles. The highest BCUT2D eigenvalue weighted by atomic mass is 16.1. The molecule has 0 aromatic heterocycles. The van der Waals surface area contributed by atoms with E-state index in [4.69, 9.17) is 0 Å². The zero-order valence-electron chi connectivity index (χ0n) is 6.88. The monoisotopic (exact) mass is 156 g/mol. The molecule has 0 aliphatic carbocycles. The van der Waals surface area contributed by atoms with Crippen LogP contribution in [0.15, 0.2) is 0 Å². The molecule has 1 fully saturated rings. The van der Waals surface area contributed by atoms with Crippen LogP contribution in [0.2, 0.25) is 0 Å². The number of hydrogen-bond acceptors (Lipinski definition) is 3. The number of unbranched alkanes of at least 4 members (excludes halogenated alkanes) is 1. The summed E-state index contributed by atoms with van der Waals surface area (Å²) in [5.41, 5.74) is 0. The van der Waals surface area contributed by atoms with Crippen molar-refractivity contribution in [3.63, 3.8) is 0 Å². The summed E-state index contributed by atoms with van der Waals surface area (Å²) in [6, 6.07) is 0. The second kappa shape index (κ2) is 5.27. The van der Waals surface area contributed by atoms with Gasteiger partial charge in [-0.15, -0.1) is 0 Å². The number of hydrogen-bond donors (Lipinski definition) is 1. The first-order valence-corrected chi connectivity index (χ1v) is 4.30. The van der Waals surface area contributed by atoms with E-state index in [1.807, 2.05) is 0 Å². The third kappa shape index (κ3) is 3.49. The van der Waals surface area contributed by atoms with Gasteiger partial charge in [-0.25, -0.2) is 0 Å². The van der Waals surface area contributed by atoms with Crippen LogP contribution in [0.25, 0.3) is 0 Å². The van der Waals surface area contributed by atoms with Crippen molar-refractivity contribution in [3.05, 3.63) is 0 Å². The van der Waals surface area contributed by atoms with Gasteiger partial charge in [-0.05, 0) is 13.0 Å². The van der Waals surface area contributed by atoms with Gasteiger partial charge in [-0.1, -0.05) is 0 Å². The van der Waals surface area contributed by atoms with Crippen LogP contribution in [0.5, 0.6) is 0 Å². The normalized spacial score (nSPS) is 20.0. The third-order valence-corrected chi connectivity index (χ3v) is 2.01. The quantitative estimate of drug-likeness (QED) is 0.454. The van der Waals surface area contributed by atoms with Gasteiger partial charge in [-0.2, -0.15) is 0 Å². The van der Waals surface area contributed by atoms with Gasteiger partial charge in [-0.3, -0.25) is 0 Å². The lowest BCUT2D eigenvalue weighted by molar-refractivity contribution is -0.108. The standard InChI is InChI=1S/C8H16N2O/c11-8-2-1-5-10-6-3-9-4-7-10/h8-9H,1-7H2. The molecule has 3 heteroatoms. The molecular weight excluding hydrogens is 140 g/mol. The molecule has 0 radical (unpaired) electrons. The molecule has 0 amide bonds. The Labute approximate surface area is 67.8 Å². The zero-order valence-corrected chi connectivity index (χ0v) is 6.88. The first-order chi connectivity index (χ1) is 5.43. The highest BCUT2D eigenvalue weighted by molar-refractivity contribution is 5.48. The lowest BCUT2D eigenvalue weighted by Crippen LogP contribution is -2.43. The first-order valence-electron chi connectivity index (χ1n) is 4.30. The van der Waals surface area contributed by atoms with Gasteiger partial charge in [0.1, 0.15) is 6.29 Å². The topological polar surface area (TPSA) is 32.3 Å². The average molecular weight is 156 g/mol. The van der Waals surface area contributed by atoms with E-state index in [1.54, 1.807) is 0 Å². The van der Waals surface area contributed by atoms with Crippen molar-refractivity contribution >= 4 is 6.29 Å². The van der Waals surface area contributed by atoms with Crippen molar-refractivity contribution in [3.8, 4) is 0 Å². The minimum absolute atomic E-state index is 0.712. The summed E-state index contributed by atoms with van der Waals surface area (Å²) in [5.74, 6) is 0. The summed E-state index contributed by atoms with van der Waals surface area (Å²) < 4.78 is 0. The molecule has 0 aromatic rings. The van der Waals surface area contributed by atoms with E-state index in [0.717, 1.165) is 45.4 Å². The number of nitrogens with zero attached hydrogens (tertiary/aromatic N) is 1. The summed E-state index contributed by atoms with van der Waals surface area (Å²) in [5, 5.41) is 3.29. The number of carbonyl (C=O) groups excluding carboxylic acids is 1. The summed E-state index contributed by atoms with van der Waals surface area (Å²) in [6.07, 6.45) is 2.73. The van der Waals surface area contributed by atoms with Crippen molar-refractivity contribution in [2.45, 2.75) is 12.8 Å². The van der Waals surface area contributed by atoms with Gasteiger partial charge in [0.15, 0.2) is 0 Å². The average Bonchev–Trinajstić information content (AvgIpc) is 2.07. The second-order valence-corrected chi connectivity index (χ2v) is 2.90. The van der Waals surface area contributed by atoms with E-state index in [-0.39, 0.29) is 0 Å². The van der Waals surface area contributed by atoms with Crippen molar-refractivity contribution in [2.24, 2.45) is 0 Å². The molecular formula is C8H16N2O. The van der Waals surface area contributed by atoms with Gasteiger partial charge in [0.05, 0.1) is 0 Å². The van der Waals surface area contributed by atoms with Crippen LogP contribution in [-0.2, 0) is 4.79 Å². The predicted octanol–water partition coefficient (Wildman–Crippen LogP) is -0.129. The van der Waals surface area contributed by atoms with Crippen LogP contribution in [0, 0.1) is 0 Å².